The summed E-state index contributed by atoms with van der Waals surface area (Å²) < 4.78 is 22.5. The van der Waals surface area contributed by atoms with Gasteiger partial charge in [0.1, 0.15) is 0 Å². The number of nitrogens with two attached hydrogens (primary N) is 1. The summed E-state index contributed by atoms with van der Waals surface area (Å²) in [6.45, 7) is 0.0707. The second-order valence-electron chi connectivity index (χ2n) is 4.66. The summed E-state index contributed by atoms with van der Waals surface area (Å²) in [5.74, 6) is -0.144. The lowest BCUT2D eigenvalue weighted by Crippen LogP contribution is -2.32. The highest BCUT2D eigenvalue weighted by atomic mass is 79.9. The Hall–Kier alpha value is -0.920. The van der Waals surface area contributed by atoms with E-state index in [4.69, 9.17) is 5.14 Å². The zero-order valence-corrected chi connectivity index (χ0v) is 12.6. The number of sulfonamides is 1. The van der Waals surface area contributed by atoms with Gasteiger partial charge in [0.25, 0.3) is 0 Å². The number of hydrogen-bond donors (Lipinski definition) is 2. The van der Waals surface area contributed by atoms with Gasteiger partial charge in [0, 0.05) is 16.9 Å². The molecule has 7 heteroatoms. The Bertz CT molecular complexity index is 571. The van der Waals surface area contributed by atoms with Crippen LogP contribution in [0, 0.1) is 5.92 Å². The molecular weight excluding hydrogens is 332 g/mol. The molecular formula is C12H15BrN2O3S. The molecule has 0 aliphatic heterocycles. The molecule has 1 saturated carbocycles. The van der Waals surface area contributed by atoms with Crippen LogP contribution in [0.3, 0.4) is 0 Å². The lowest BCUT2D eigenvalue weighted by atomic mass is 10.1. The second kappa shape index (κ2) is 5.60. The Morgan fingerprint density at radius 2 is 2.00 bits per heavy atom. The minimum Gasteiger partial charge on any atom is -0.355 e. The first-order chi connectivity index (χ1) is 8.87. The summed E-state index contributed by atoms with van der Waals surface area (Å²) in [5.41, 5.74) is 1.13. The standard InChI is InChI=1S/C12H15BrN2O3S/c13-9-3-1-8(2-4-9)10-7-11(10)12(16)15-5-6-19(14,17)18/h1-4,10-11H,5-7H2,(H,15,16)(H2,14,17,18)/t10-,11-/m1/s1. The molecule has 1 aromatic rings. The summed E-state index contributed by atoms with van der Waals surface area (Å²) in [7, 11) is -3.52. The number of nitrogens with one attached hydrogen (secondary N) is 1. The van der Waals surface area contributed by atoms with Crippen molar-refractivity contribution in [2.75, 3.05) is 12.3 Å². The molecule has 1 fully saturated rings. The molecule has 1 aromatic carbocycles. The van der Waals surface area contributed by atoms with Crippen LogP contribution in [0.2, 0.25) is 0 Å². The van der Waals surface area contributed by atoms with Crippen LogP contribution < -0.4 is 10.5 Å². The summed E-state index contributed by atoms with van der Waals surface area (Å²) in [5, 5.41) is 7.47. The summed E-state index contributed by atoms with van der Waals surface area (Å²) in [6.07, 6.45) is 0.808. The van der Waals surface area contributed by atoms with Crippen molar-refractivity contribution < 1.29 is 13.2 Å². The first kappa shape index (κ1) is 14.5. The maximum atomic E-state index is 11.8. The van der Waals surface area contributed by atoms with Crippen LogP contribution in [0.15, 0.2) is 28.7 Å². The smallest absolute Gasteiger partial charge is 0.223 e. The van der Waals surface area contributed by atoms with Crippen LogP contribution in [0.25, 0.3) is 0 Å². The van der Waals surface area contributed by atoms with Crippen molar-refractivity contribution in [1.82, 2.24) is 5.32 Å². The largest absolute Gasteiger partial charge is 0.355 e. The lowest BCUT2D eigenvalue weighted by Gasteiger charge is -2.04. The average Bonchev–Trinajstić information content (AvgIpc) is 3.08. The van der Waals surface area contributed by atoms with E-state index >= 15 is 0 Å². The zero-order valence-electron chi connectivity index (χ0n) is 10.2. The SMILES string of the molecule is NS(=O)(=O)CCNC(=O)[C@@H]1C[C@@H]1c1ccc(Br)cc1. The molecule has 104 valence electrons. The Morgan fingerprint density at radius 3 is 2.58 bits per heavy atom. The Kier molecular flexibility index (Phi) is 4.27. The van der Waals surface area contributed by atoms with Crippen molar-refractivity contribution in [2.45, 2.75) is 12.3 Å². The molecule has 0 bridgehead atoms. The van der Waals surface area contributed by atoms with Gasteiger partial charge < -0.3 is 5.32 Å². The second-order valence-corrected chi connectivity index (χ2v) is 7.31. The number of carbonyl (C=O) groups excluding carboxylic acids is 1. The third kappa shape index (κ3) is 4.29. The van der Waals surface area contributed by atoms with E-state index in [1.54, 1.807) is 0 Å². The van der Waals surface area contributed by atoms with E-state index in [1.807, 2.05) is 24.3 Å². The van der Waals surface area contributed by atoms with Gasteiger partial charge in [-0.2, -0.15) is 0 Å². The fourth-order valence-electron chi connectivity index (χ4n) is 2.01. The summed E-state index contributed by atoms with van der Waals surface area (Å²) in [4.78, 5) is 11.8. The molecule has 0 heterocycles. The van der Waals surface area contributed by atoms with E-state index in [2.05, 4.69) is 21.2 Å². The number of benzene rings is 1. The van der Waals surface area contributed by atoms with Crippen LogP contribution in [0.1, 0.15) is 17.9 Å². The van der Waals surface area contributed by atoms with Crippen molar-refractivity contribution in [3.8, 4) is 0 Å². The van der Waals surface area contributed by atoms with Gasteiger partial charge in [-0.15, -0.1) is 0 Å². The van der Waals surface area contributed by atoms with Gasteiger partial charge in [-0.3, -0.25) is 4.79 Å². The van der Waals surface area contributed by atoms with Crippen LogP contribution in [-0.2, 0) is 14.8 Å². The normalized spacial score (nSPS) is 22.0. The fraction of sp³-hybridized carbons (Fsp3) is 0.417. The minimum atomic E-state index is -3.52. The van der Waals surface area contributed by atoms with E-state index in [0.717, 1.165) is 16.5 Å². The molecule has 2 rings (SSSR count). The number of rotatable bonds is 5. The molecule has 19 heavy (non-hydrogen) atoms. The molecule has 5 nitrogen and oxygen atoms in total. The predicted octanol–water partition coefficient (Wildman–Crippen LogP) is 0.957. The number of carbonyl (C=O) groups is 1. The third-order valence-electron chi connectivity index (χ3n) is 3.11. The molecule has 0 radical (unpaired) electrons. The minimum absolute atomic E-state index is 0.0540. The number of halogens is 1. The van der Waals surface area contributed by atoms with E-state index in [0.29, 0.717) is 0 Å². The van der Waals surface area contributed by atoms with Gasteiger partial charge in [0.05, 0.1) is 5.75 Å². The van der Waals surface area contributed by atoms with Gasteiger partial charge in [-0.05, 0) is 30.0 Å². The van der Waals surface area contributed by atoms with E-state index in [1.165, 1.54) is 0 Å². The molecule has 0 spiro atoms. The molecule has 2 atom stereocenters. The monoisotopic (exact) mass is 346 g/mol. The van der Waals surface area contributed by atoms with E-state index in [-0.39, 0.29) is 30.0 Å². The van der Waals surface area contributed by atoms with Crippen LogP contribution in [0.4, 0.5) is 0 Å². The van der Waals surface area contributed by atoms with Gasteiger partial charge in [-0.1, -0.05) is 28.1 Å². The molecule has 1 amide bonds. The first-order valence-electron chi connectivity index (χ1n) is 5.90. The highest BCUT2D eigenvalue weighted by Crippen LogP contribution is 2.47. The third-order valence-corrected chi connectivity index (χ3v) is 4.41. The number of primary sulfonamides is 1. The van der Waals surface area contributed by atoms with Gasteiger partial charge >= 0.3 is 0 Å². The van der Waals surface area contributed by atoms with Crippen molar-refractivity contribution in [1.29, 1.82) is 0 Å². The van der Waals surface area contributed by atoms with Crippen LogP contribution >= 0.6 is 15.9 Å². The lowest BCUT2D eigenvalue weighted by molar-refractivity contribution is -0.122. The van der Waals surface area contributed by atoms with Gasteiger partial charge in [0.15, 0.2) is 0 Å². The maximum absolute atomic E-state index is 11.8. The maximum Gasteiger partial charge on any atom is 0.223 e. The van der Waals surface area contributed by atoms with Gasteiger partial charge in [0.2, 0.25) is 15.9 Å². The molecule has 1 aliphatic carbocycles. The number of hydrogen-bond acceptors (Lipinski definition) is 3. The molecule has 1 aliphatic rings. The number of amides is 1. The van der Waals surface area contributed by atoms with Crippen molar-refractivity contribution in [3.05, 3.63) is 34.3 Å². The Balaban J connectivity index is 1.82. The molecule has 3 N–H and O–H groups in total. The Morgan fingerprint density at radius 1 is 1.37 bits per heavy atom. The average molecular weight is 347 g/mol. The quantitative estimate of drug-likeness (QED) is 0.831. The molecule has 0 aromatic heterocycles. The highest BCUT2D eigenvalue weighted by molar-refractivity contribution is 9.10. The first-order valence-corrected chi connectivity index (χ1v) is 8.41. The fourth-order valence-corrected chi connectivity index (χ4v) is 2.66. The Labute approximate surface area is 120 Å². The zero-order chi connectivity index (χ0) is 14.0. The van der Waals surface area contributed by atoms with Crippen molar-refractivity contribution >= 4 is 31.9 Å². The summed E-state index contributed by atoms with van der Waals surface area (Å²) in [6, 6.07) is 7.88. The van der Waals surface area contributed by atoms with Crippen LogP contribution in [-0.4, -0.2) is 26.6 Å². The molecule has 0 unspecified atom stereocenters. The van der Waals surface area contributed by atoms with E-state index < -0.39 is 10.0 Å². The van der Waals surface area contributed by atoms with E-state index in [9.17, 15) is 13.2 Å². The van der Waals surface area contributed by atoms with Crippen LogP contribution in [0.5, 0.6) is 0 Å². The van der Waals surface area contributed by atoms with Crippen molar-refractivity contribution in [3.63, 3.8) is 0 Å². The topological polar surface area (TPSA) is 89.3 Å². The highest BCUT2D eigenvalue weighted by Gasteiger charge is 2.43. The predicted molar refractivity (Wildman–Crippen MR) is 76.0 cm³/mol. The molecule has 0 saturated heterocycles. The summed E-state index contributed by atoms with van der Waals surface area (Å²) >= 11 is 3.36. The van der Waals surface area contributed by atoms with Gasteiger partial charge in [-0.25, -0.2) is 13.6 Å². The van der Waals surface area contributed by atoms with Crippen molar-refractivity contribution in [2.24, 2.45) is 11.1 Å².